The van der Waals surface area contributed by atoms with Gasteiger partial charge < -0.3 is 10.6 Å². The van der Waals surface area contributed by atoms with Crippen molar-refractivity contribution in [3.63, 3.8) is 0 Å². The average molecular weight is 442 g/mol. The number of amides is 2. The molecule has 2 N–H and O–H groups in total. The number of rotatable bonds is 9. The Morgan fingerprint density at radius 1 is 1.00 bits per heavy atom. The van der Waals surface area contributed by atoms with E-state index in [2.05, 4.69) is 5.32 Å². The van der Waals surface area contributed by atoms with Crippen LogP contribution in [0, 0.1) is 23.3 Å². The Hall–Kier alpha value is -2.55. The largest absolute Gasteiger partial charge is 0.326 e. The molecule has 1 atom stereocenters. The van der Waals surface area contributed by atoms with Crippen LogP contribution >= 0.6 is 11.8 Å². The maximum atomic E-state index is 13.8. The average Bonchev–Trinajstić information content (AvgIpc) is 2.72. The lowest BCUT2D eigenvalue weighted by atomic mass is 10.2. The monoisotopic (exact) mass is 442 g/mol. The summed E-state index contributed by atoms with van der Waals surface area (Å²) in [6, 6.07) is 6.87. The highest BCUT2D eigenvalue weighted by atomic mass is 32.2. The van der Waals surface area contributed by atoms with E-state index >= 15 is 0 Å². The number of hydrogen-bond acceptors (Lipinski definition) is 3. The fraction of sp³-hybridized carbons (Fsp3) is 0.333. The van der Waals surface area contributed by atoms with Gasteiger partial charge >= 0.3 is 0 Å². The van der Waals surface area contributed by atoms with Crippen molar-refractivity contribution in [3.05, 3.63) is 53.6 Å². The molecule has 0 heterocycles. The second-order valence-corrected chi connectivity index (χ2v) is 7.80. The Balaban J connectivity index is 2.11. The summed E-state index contributed by atoms with van der Waals surface area (Å²) >= 11 is 1.10. The Kier molecular flexibility index (Phi) is 8.71. The first-order valence-corrected chi connectivity index (χ1v) is 10.3. The van der Waals surface area contributed by atoms with E-state index in [4.69, 9.17) is 0 Å². The number of thioether (sulfide) groups is 1. The van der Waals surface area contributed by atoms with Gasteiger partial charge in [-0.15, -0.1) is 11.8 Å². The summed E-state index contributed by atoms with van der Waals surface area (Å²) in [5.41, 5.74) is -0.603. The molecule has 0 aliphatic heterocycles. The Labute approximate surface area is 176 Å². The standard InChI is InChI=1S/C21H22F4N2O2S/c1-3-5-9-17(28)26-12-7-6-8-13(10-12)30-16(4-2)21(29)27-20-18(24)14(22)11-15(23)19(20)25/h6-8,10-11,16H,3-5,9H2,1-2H3,(H,26,28)(H,27,29). The van der Waals surface area contributed by atoms with E-state index < -0.39 is 40.1 Å². The van der Waals surface area contributed by atoms with Gasteiger partial charge in [-0.25, -0.2) is 17.6 Å². The van der Waals surface area contributed by atoms with Crippen LogP contribution in [0.25, 0.3) is 0 Å². The number of hydrogen-bond donors (Lipinski definition) is 2. The fourth-order valence-corrected chi connectivity index (χ4v) is 3.59. The minimum atomic E-state index is -1.67. The highest BCUT2D eigenvalue weighted by Crippen LogP contribution is 2.30. The van der Waals surface area contributed by atoms with Gasteiger partial charge in [0.1, 0.15) is 5.69 Å². The molecule has 2 aromatic rings. The maximum absolute atomic E-state index is 13.8. The van der Waals surface area contributed by atoms with Crippen LogP contribution < -0.4 is 10.6 Å². The molecule has 9 heteroatoms. The second kappa shape index (κ2) is 11.0. The summed E-state index contributed by atoms with van der Waals surface area (Å²) in [6.45, 7) is 3.67. The highest BCUT2D eigenvalue weighted by molar-refractivity contribution is 8.00. The summed E-state index contributed by atoms with van der Waals surface area (Å²) in [5.74, 6) is -7.46. The number of benzene rings is 2. The normalized spacial score (nSPS) is 11.8. The van der Waals surface area contributed by atoms with Crippen molar-refractivity contribution in [2.24, 2.45) is 0 Å². The van der Waals surface area contributed by atoms with Crippen molar-refractivity contribution >= 4 is 35.0 Å². The Morgan fingerprint density at radius 2 is 1.67 bits per heavy atom. The Bertz CT molecular complexity index is 898. The number of anilines is 2. The topological polar surface area (TPSA) is 58.2 Å². The molecule has 162 valence electrons. The van der Waals surface area contributed by atoms with Gasteiger partial charge in [-0.3, -0.25) is 9.59 Å². The van der Waals surface area contributed by atoms with E-state index in [9.17, 15) is 27.2 Å². The van der Waals surface area contributed by atoms with Crippen LogP contribution in [0.3, 0.4) is 0 Å². The molecule has 0 saturated heterocycles. The molecule has 0 bridgehead atoms. The third-order valence-corrected chi connectivity index (χ3v) is 5.53. The predicted molar refractivity (Wildman–Crippen MR) is 109 cm³/mol. The summed E-state index contributed by atoms with van der Waals surface area (Å²) in [4.78, 5) is 25.0. The van der Waals surface area contributed by atoms with Crippen molar-refractivity contribution in [2.45, 2.75) is 49.7 Å². The number of unbranched alkanes of at least 4 members (excludes halogenated alkanes) is 1. The molecular formula is C21H22F4N2O2S. The molecule has 0 aliphatic carbocycles. The lowest BCUT2D eigenvalue weighted by Gasteiger charge is -2.16. The number of carbonyl (C=O) groups excluding carboxylic acids is 2. The lowest BCUT2D eigenvalue weighted by molar-refractivity contribution is -0.116. The molecule has 4 nitrogen and oxygen atoms in total. The van der Waals surface area contributed by atoms with Gasteiger partial charge in [0.25, 0.3) is 0 Å². The molecule has 0 aliphatic rings. The van der Waals surface area contributed by atoms with Gasteiger partial charge in [0.05, 0.1) is 5.25 Å². The zero-order chi connectivity index (χ0) is 22.3. The highest BCUT2D eigenvalue weighted by Gasteiger charge is 2.25. The van der Waals surface area contributed by atoms with E-state index in [-0.39, 0.29) is 18.4 Å². The smallest absolute Gasteiger partial charge is 0.238 e. The van der Waals surface area contributed by atoms with Gasteiger partial charge in [-0.1, -0.05) is 26.3 Å². The van der Waals surface area contributed by atoms with E-state index in [1.807, 2.05) is 12.2 Å². The maximum Gasteiger partial charge on any atom is 0.238 e. The predicted octanol–water partition coefficient (Wildman–Crippen LogP) is 5.88. The molecule has 2 rings (SSSR count). The zero-order valence-electron chi connectivity index (χ0n) is 16.5. The van der Waals surface area contributed by atoms with E-state index in [0.717, 1.165) is 24.6 Å². The third-order valence-electron chi connectivity index (χ3n) is 4.18. The van der Waals surface area contributed by atoms with Gasteiger partial charge in [-0.05, 0) is 31.0 Å². The van der Waals surface area contributed by atoms with Gasteiger partial charge in [0, 0.05) is 23.1 Å². The molecule has 1 unspecified atom stereocenters. The van der Waals surface area contributed by atoms with E-state index in [1.54, 1.807) is 31.2 Å². The number of carbonyl (C=O) groups is 2. The second-order valence-electron chi connectivity index (χ2n) is 6.53. The minimum Gasteiger partial charge on any atom is -0.326 e. The molecule has 2 aromatic carbocycles. The lowest BCUT2D eigenvalue weighted by Crippen LogP contribution is -2.26. The van der Waals surface area contributed by atoms with Crippen LogP contribution in [-0.4, -0.2) is 17.1 Å². The van der Waals surface area contributed by atoms with Gasteiger partial charge in [0.15, 0.2) is 23.3 Å². The summed E-state index contributed by atoms with van der Waals surface area (Å²) in [7, 11) is 0. The molecule has 0 aromatic heterocycles. The molecule has 0 saturated carbocycles. The first-order chi connectivity index (χ1) is 14.3. The SMILES string of the molecule is CCCCC(=O)Nc1cccc(SC(CC)C(=O)Nc2c(F)c(F)cc(F)c2F)c1. The van der Waals surface area contributed by atoms with Crippen molar-refractivity contribution in [1.29, 1.82) is 0 Å². The molecular weight excluding hydrogens is 420 g/mol. The first kappa shape index (κ1) is 23.7. The third kappa shape index (κ3) is 6.22. The first-order valence-electron chi connectivity index (χ1n) is 9.47. The van der Waals surface area contributed by atoms with Crippen molar-refractivity contribution in [3.8, 4) is 0 Å². The van der Waals surface area contributed by atoms with Crippen LogP contribution in [0.2, 0.25) is 0 Å². The van der Waals surface area contributed by atoms with Gasteiger partial charge in [0.2, 0.25) is 11.8 Å². The van der Waals surface area contributed by atoms with Crippen LogP contribution in [0.5, 0.6) is 0 Å². The molecule has 0 radical (unpaired) electrons. The van der Waals surface area contributed by atoms with E-state index in [0.29, 0.717) is 17.0 Å². The minimum absolute atomic E-state index is 0.0761. The molecule has 0 spiro atoms. The Morgan fingerprint density at radius 3 is 2.27 bits per heavy atom. The zero-order valence-corrected chi connectivity index (χ0v) is 17.3. The molecule has 30 heavy (non-hydrogen) atoms. The molecule has 2 amide bonds. The van der Waals surface area contributed by atoms with Crippen LogP contribution in [0.4, 0.5) is 28.9 Å². The van der Waals surface area contributed by atoms with Crippen molar-refractivity contribution in [1.82, 2.24) is 0 Å². The van der Waals surface area contributed by atoms with Crippen LogP contribution in [0.15, 0.2) is 35.2 Å². The van der Waals surface area contributed by atoms with Crippen molar-refractivity contribution in [2.75, 3.05) is 10.6 Å². The summed E-state index contributed by atoms with van der Waals surface area (Å²) < 4.78 is 54.3. The van der Waals surface area contributed by atoms with E-state index in [1.165, 1.54) is 0 Å². The quantitative estimate of drug-likeness (QED) is 0.290. The molecule has 0 fully saturated rings. The number of halogens is 4. The van der Waals surface area contributed by atoms with Crippen molar-refractivity contribution < 1.29 is 27.2 Å². The number of nitrogens with one attached hydrogen (secondary N) is 2. The van der Waals surface area contributed by atoms with Gasteiger partial charge in [-0.2, -0.15) is 0 Å². The summed E-state index contributed by atoms with van der Waals surface area (Å²) in [6.07, 6.45) is 2.35. The van der Waals surface area contributed by atoms with Crippen LogP contribution in [-0.2, 0) is 9.59 Å². The fourth-order valence-electron chi connectivity index (χ4n) is 2.58. The van der Waals surface area contributed by atoms with Crippen LogP contribution in [0.1, 0.15) is 39.5 Å². The summed E-state index contributed by atoms with van der Waals surface area (Å²) in [5, 5.41) is 3.92.